The molecule has 1 aromatic carbocycles. The van der Waals surface area contributed by atoms with Crippen molar-refractivity contribution in [3.8, 4) is 5.69 Å². The number of thioether (sulfide) groups is 1. The number of carbonyl (C=O) groups is 2. The number of aromatic nitrogens is 3. The van der Waals surface area contributed by atoms with Gasteiger partial charge in [-0.2, -0.15) is 36.0 Å². The Morgan fingerprint density at radius 1 is 1.03 bits per heavy atom. The number of anilines is 1. The number of nitrogens with zero attached hydrogens (tertiary/aromatic N) is 4. The second kappa shape index (κ2) is 10.3. The number of carbonyl (C=O) groups excluding carboxylic acids is 2. The lowest BCUT2D eigenvalue weighted by molar-refractivity contribution is -0.137. The quantitative estimate of drug-likeness (QED) is 0.323. The molecule has 33 heavy (non-hydrogen) atoms. The molecule has 1 aromatic heterocycles. The predicted octanol–water partition coefficient (Wildman–Crippen LogP) is 6.32. The average Bonchev–Trinajstić information content (AvgIpc) is 3.01. The Morgan fingerprint density at radius 2 is 1.52 bits per heavy atom. The van der Waals surface area contributed by atoms with Gasteiger partial charge in [0.1, 0.15) is 5.69 Å². The van der Waals surface area contributed by atoms with Gasteiger partial charge in [-0.1, -0.05) is 23.2 Å². The summed E-state index contributed by atoms with van der Waals surface area (Å²) in [6.45, 7) is 2.24. The molecule has 2 amide bonds. The molecule has 1 heterocycles. The summed E-state index contributed by atoms with van der Waals surface area (Å²) in [5, 5.41) is 1.08. The first-order chi connectivity index (χ1) is 15.2. The highest BCUT2D eigenvalue weighted by molar-refractivity contribution is 8.00. The van der Waals surface area contributed by atoms with Crippen molar-refractivity contribution in [3.05, 3.63) is 27.7 Å². The summed E-state index contributed by atoms with van der Waals surface area (Å²) < 4.78 is 87.6. The molecule has 0 atom stereocenters. The van der Waals surface area contributed by atoms with Crippen molar-refractivity contribution in [2.45, 2.75) is 30.7 Å². The summed E-state index contributed by atoms with van der Waals surface area (Å²) in [4.78, 5) is 28.4. The van der Waals surface area contributed by atoms with Gasteiger partial charge in [0, 0.05) is 11.8 Å². The minimum atomic E-state index is -4.89. The SMILES string of the molecule is CCOC(=O)N(C(=O)OCC)c1nc(SC(F)(F)F)nn1-c1c(Cl)cc(C(F)(F)F)cc1Cl. The number of imide groups is 1. The third-order valence-electron chi connectivity index (χ3n) is 3.43. The molecule has 0 fully saturated rings. The van der Waals surface area contributed by atoms with Crippen LogP contribution in [0.25, 0.3) is 5.69 Å². The summed E-state index contributed by atoms with van der Waals surface area (Å²) in [6, 6.07) is 0.869. The molecule has 0 saturated carbocycles. The molecule has 0 N–H and O–H groups in total. The van der Waals surface area contributed by atoms with Crippen LogP contribution in [0.2, 0.25) is 10.0 Å². The molecule has 0 saturated heterocycles. The van der Waals surface area contributed by atoms with E-state index in [1.54, 1.807) is 0 Å². The van der Waals surface area contributed by atoms with E-state index in [0.717, 1.165) is 0 Å². The standard InChI is InChI=1S/C16H12Cl2F6N4O4S/c1-3-31-13(29)27(14(30)32-4-2)12-25-11(33-16(22,23)24)26-28(12)10-8(17)5-7(6-9(10)18)15(19,20)21/h5-6H,3-4H2,1-2H3. The molecule has 17 heteroatoms. The third kappa shape index (κ3) is 6.57. The lowest BCUT2D eigenvalue weighted by Gasteiger charge is -2.19. The highest BCUT2D eigenvalue weighted by atomic mass is 35.5. The minimum absolute atomic E-state index is 0.102. The molecule has 0 aliphatic heterocycles. The van der Waals surface area contributed by atoms with Gasteiger partial charge in [0.2, 0.25) is 11.1 Å². The zero-order valence-electron chi connectivity index (χ0n) is 16.4. The van der Waals surface area contributed by atoms with Gasteiger partial charge in [0.05, 0.1) is 28.8 Å². The third-order valence-corrected chi connectivity index (χ3v) is 4.60. The van der Waals surface area contributed by atoms with Gasteiger partial charge in [0.25, 0.3) is 0 Å². The molecule has 0 bridgehead atoms. The fraction of sp³-hybridized carbons (Fsp3) is 0.375. The molecule has 2 rings (SSSR count). The number of halogens is 8. The summed E-state index contributed by atoms with van der Waals surface area (Å²) in [5.74, 6) is -0.915. The smallest absolute Gasteiger partial charge is 0.449 e. The Bertz CT molecular complexity index is 1010. The Morgan fingerprint density at radius 3 is 1.91 bits per heavy atom. The van der Waals surface area contributed by atoms with Gasteiger partial charge in [-0.15, -0.1) is 10.00 Å². The summed E-state index contributed by atoms with van der Waals surface area (Å²) in [7, 11) is 0. The molecule has 2 aromatic rings. The fourth-order valence-corrected chi connectivity index (χ4v) is 3.38. The Hall–Kier alpha value is -2.39. The maximum absolute atomic E-state index is 13.0. The minimum Gasteiger partial charge on any atom is -0.449 e. The van der Waals surface area contributed by atoms with E-state index in [0.29, 0.717) is 16.8 Å². The molecule has 0 spiro atoms. The maximum Gasteiger partial charge on any atom is 0.449 e. The van der Waals surface area contributed by atoms with Crippen LogP contribution in [0.1, 0.15) is 19.4 Å². The molecular formula is C16H12Cl2F6N4O4S. The van der Waals surface area contributed by atoms with Crippen LogP contribution >= 0.6 is 35.0 Å². The van der Waals surface area contributed by atoms with E-state index in [-0.39, 0.29) is 18.1 Å². The Labute approximate surface area is 195 Å². The number of ether oxygens (including phenoxy) is 2. The summed E-state index contributed by atoms with van der Waals surface area (Å²) >= 11 is 11.0. The first kappa shape index (κ1) is 26.9. The summed E-state index contributed by atoms with van der Waals surface area (Å²) in [5.41, 5.74) is -6.74. The molecular weight excluding hydrogens is 529 g/mol. The van der Waals surface area contributed by atoms with Crippen LogP contribution in [0.5, 0.6) is 0 Å². The topological polar surface area (TPSA) is 86.6 Å². The monoisotopic (exact) mass is 540 g/mol. The molecule has 0 radical (unpaired) electrons. The van der Waals surface area contributed by atoms with Crippen LogP contribution < -0.4 is 4.90 Å². The summed E-state index contributed by atoms with van der Waals surface area (Å²) in [6.07, 6.45) is -7.67. The zero-order valence-corrected chi connectivity index (χ0v) is 18.8. The van der Waals surface area contributed by atoms with Gasteiger partial charge in [-0.3, -0.25) is 0 Å². The molecule has 0 aliphatic rings. The number of benzene rings is 1. The zero-order chi connectivity index (χ0) is 25.1. The number of alkyl halides is 6. The van der Waals surface area contributed by atoms with E-state index in [9.17, 15) is 35.9 Å². The molecule has 8 nitrogen and oxygen atoms in total. The molecule has 182 valence electrons. The van der Waals surface area contributed by atoms with E-state index >= 15 is 0 Å². The molecule has 0 unspecified atom stereocenters. The van der Waals surface area contributed by atoms with Crippen LogP contribution in [-0.2, 0) is 15.7 Å². The Balaban J connectivity index is 2.79. The first-order valence-corrected chi connectivity index (χ1v) is 10.2. The molecule has 0 aliphatic carbocycles. The van der Waals surface area contributed by atoms with E-state index in [1.807, 2.05) is 0 Å². The van der Waals surface area contributed by atoms with E-state index < -0.39 is 68.0 Å². The lowest BCUT2D eigenvalue weighted by Crippen LogP contribution is -2.40. The van der Waals surface area contributed by atoms with Gasteiger partial charge in [-0.25, -0.2) is 9.59 Å². The van der Waals surface area contributed by atoms with Crippen molar-refractivity contribution in [1.29, 1.82) is 0 Å². The number of hydrogen-bond acceptors (Lipinski definition) is 7. The van der Waals surface area contributed by atoms with Gasteiger partial charge >= 0.3 is 23.9 Å². The van der Waals surface area contributed by atoms with Crippen LogP contribution in [0, 0.1) is 0 Å². The second-order valence-electron chi connectivity index (χ2n) is 5.67. The van der Waals surface area contributed by atoms with Crippen molar-refractivity contribution < 1.29 is 45.4 Å². The Kier molecular flexibility index (Phi) is 8.35. The van der Waals surface area contributed by atoms with Crippen LogP contribution in [0.3, 0.4) is 0 Å². The predicted molar refractivity (Wildman–Crippen MR) is 105 cm³/mol. The normalized spacial score (nSPS) is 11.9. The average molecular weight is 541 g/mol. The van der Waals surface area contributed by atoms with Gasteiger partial charge < -0.3 is 9.47 Å². The number of amides is 2. The number of rotatable bonds is 5. The highest BCUT2D eigenvalue weighted by Crippen LogP contribution is 2.41. The van der Waals surface area contributed by atoms with Crippen LogP contribution in [0.4, 0.5) is 41.9 Å². The van der Waals surface area contributed by atoms with Crippen LogP contribution in [0.15, 0.2) is 17.3 Å². The maximum atomic E-state index is 13.0. The first-order valence-electron chi connectivity index (χ1n) is 8.62. The van der Waals surface area contributed by atoms with E-state index in [2.05, 4.69) is 10.1 Å². The second-order valence-corrected chi connectivity index (χ2v) is 7.52. The van der Waals surface area contributed by atoms with Gasteiger partial charge in [-0.05, 0) is 26.0 Å². The van der Waals surface area contributed by atoms with E-state index in [1.165, 1.54) is 13.8 Å². The van der Waals surface area contributed by atoms with Crippen molar-refractivity contribution in [1.82, 2.24) is 14.8 Å². The van der Waals surface area contributed by atoms with Crippen molar-refractivity contribution in [3.63, 3.8) is 0 Å². The lowest BCUT2D eigenvalue weighted by atomic mass is 10.2. The van der Waals surface area contributed by atoms with Crippen molar-refractivity contribution >= 4 is 53.1 Å². The van der Waals surface area contributed by atoms with Crippen molar-refractivity contribution in [2.75, 3.05) is 18.1 Å². The van der Waals surface area contributed by atoms with Crippen LogP contribution in [-0.4, -0.2) is 45.7 Å². The van der Waals surface area contributed by atoms with Gasteiger partial charge in [0.15, 0.2) is 0 Å². The van der Waals surface area contributed by atoms with Crippen molar-refractivity contribution in [2.24, 2.45) is 0 Å². The number of hydrogen-bond donors (Lipinski definition) is 0. The largest absolute Gasteiger partial charge is 0.449 e. The van der Waals surface area contributed by atoms with E-state index in [4.69, 9.17) is 32.7 Å². The fourth-order valence-electron chi connectivity index (χ4n) is 2.27. The highest BCUT2D eigenvalue weighted by Gasteiger charge is 2.38.